The van der Waals surface area contributed by atoms with Gasteiger partial charge in [0.1, 0.15) is 4.75 Å². The molecule has 3 nitrogen and oxygen atoms in total. The van der Waals surface area contributed by atoms with Crippen molar-refractivity contribution >= 4 is 28.6 Å². The highest BCUT2D eigenvalue weighted by Gasteiger charge is 2.39. The Morgan fingerprint density at radius 2 is 1.96 bits per heavy atom. The molecule has 0 aliphatic heterocycles. The number of ether oxygens (including phenoxy) is 1. The smallest absolute Gasteiger partial charge is 0.326 e. The van der Waals surface area contributed by atoms with Crippen molar-refractivity contribution in [2.75, 3.05) is 6.61 Å². The Hall–Kier alpha value is -2.20. The van der Waals surface area contributed by atoms with E-state index in [0.29, 0.717) is 6.61 Å². The number of H-pyrrole nitrogens is 1. The number of benzene rings is 2. The summed E-state index contributed by atoms with van der Waals surface area (Å²) in [6, 6.07) is 16.4. The molecule has 134 valence electrons. The van der Waals surface area contributed by atoms with Crippen molar-refractivity contribution in [2.24, 2.45) is 0 Å². The van der Waals surface area contributed by atoms with Crippen LogP contribution in [0.1, 0.15) is 37.0 Å². The molecule has 1 aromatic heterocycles. The first kappa shape index (κ1) is 17.2. The second-order valence-corrected chi connectivity index (χ2v) is 8.28. The van der Waals surface area contributed by atoms with E-state index in [4.69, 9.17) is 4.74 Å². The van der Waals surface area contributed by atoms with Gasteiger partial charge in [-0.15, -0.1) is 0 Å². The topological polar surface area (TPSA) is 42.1 Å². The van der Waals surface area contributed by atoms with Gasteiger partial charge < -0.3 is 9.72 Å². The van der Waals surface area contributed by atoms with Crippen LogP contribution in [0.3, 0.4) is 0 Å². The Morgan fingerprint density at radius 1 is 1.15 bits per heavy atom. The lowest BCUT2D eigenvalue weighted by molar-refractivity contribution is -0.145. The molecule has 1 N–H and O–H groups in total. The molecule has 1 aliphatic rings. The summed E-state index contributed by atoms with van der Waals surface area (Å²) >= 11 is 1.58. The molecule has 0 fully saturated rings. The van der Waals surface area contributed by atoms with Crippen LogP contribution >= 0.6 is 11.8 Å². The molecule has 1 aliphatic carbocycles. The molecule has 1 atom stereocenters. The molecule has 0 saturated heterocycles. The highest BCUT2D eigenvalue weighted by molar-refractivity contribution is 8.01. The van der Waals surface area contributed by atoms with Gasteiger partial charge in [-0.2, -0.15) is 0 Å². The van der Waals surface area contributed by atoms with Gasteiger partial charge in [-0.05, 0) is 55.9 Å². The van der Waals surface area contributed by atoms with Crippen LogP contribution in [0.5, 0.6) is 0 Å². The minimum absolute atomic E-state index is 0.196. The van der Waals surface area contributed by atoms with Crippen LogP contribution in [0.15, 0.2) is 53.6 Å². The zero-order valence-electron chi connectivity index (χ0n) is 15.2. The molecule has 2 aromatic carbocycles. The molecule has 0 amide bonds. The molecule has 26 heavy (non-hydrogen) atoms. The van der Waals surface area contributed by atoms with E-state index >= 15 is 0 Å². The van der Waals surface area contributed by atoms with Crippen molar-refractivity contribution in [3.63, 3.8) is 0 Å². The average Bonchev–Trinajstić information content (AvgIpc) is 3.02. The van der Waals surface area contributed by atoms with Gasteiger partial charge in [-0.1, -0.05) is 54.2 Å². The predicted molar refractivity (Wildman–Crippen MR) is 107 cm³/mol. The van der Waals surface area contributed by atoms with Gasteiger partial charge in [0.15, 0.2) is 0 Å². The summed E-state index contributed by atoms with van der Waals surface area (Å²) in [6.45, 7) is 4.20. The molecular weight excluding hydrogens is 342 g/mol. The largest absolute Gasteiger partial charge is 0.465 e. The van der Waals surface area contributed by atoms with Crippen LogP contribution in [0.4, 0.5) is 0 Å². The number of nitrogens with one attached hydrogen (secondary N) is 1. The number of carbonyl (C=O) groups excluding carboxylic acids is 1. The van der Waals surface area contributed by atoms with Crippen LogP contribution in [0.25, 0.3) is 10.9 Å². The Bertz CT molecular complexity index is 947. The van der Waals surface area contributed by atoms with Crippen molar-refractivity contribution in [1.82, 2.24) is 4.98 Å². The fraction of sp³-hybridized carbons (Fsp3) is 0.318. The van der Waals surface area contributed by atoms with Crippen molar-refractivity contribution in [2.45, 2.75) is 42.9 Å². The minimum Gasteiger partial charge on any atom is -0.465 e. The number of carbonyl (C=O) groups is 1. The molecule has 0 saturated carbocycles. The van der Waals surface area contributed by atoms with E-state index in [1.165, 1.54) is 22.0 Å². The SMILES string of the molecule is CCOC(=O)C(C)(Sc1[nH]c2cccc3c2c1CCC3)c1ccccc1. The monoisotopic (exact) mass is 365 g/mol. The lowest BCUT2D eigenvalue weighted by atomic mass is 9.93. The summed E-state index contributed by atoms with van der Waals surface area (Å²) < 4.78 is 4.66. The number of aromatic amines is 1. The first-order valence-corrected chi connectivity index (χ1v) is 9.99. The second-order valence-electron chi connectivity index (χ2n) is 6.85. The summed E-state index contributed by atoms with van der Waals surface area (Å²) in [5.74, 6) is -0.196. The normalized spacial score (nSPS) is 15.6. The van der Waals surface area contributed by atoms with Gasteiger partial charge in [0.2, 0.25) is 0 Å². The van der Waals surface area contributed by atoms with Crippen molar-refractivity contribution in [3.05, 3.63) is 65.2 Å². The third-order valence-corrected chi connectivity index (χ3v) is 6.51. The second kappa shape index (κ2) is 6.84. The van der Waals surface area contributed by atoms with Crippen LogP contribution in [0, 0.1) is 0 Å². The van der Waals surface area contributed by atoms with E-state index in [0.717, 1.165) is 29.9 Å². The highest BCUT2D eigenvalue weighted by atomic mass is 32.2. The number of thioether (sulfide) groups is 1. The molecule has 4 heteroatoms. The van der Waals surface area contributed by atoms with E-state index in [1.54, 1.807) is 11.8 Å². The standard InChI is InChI=1S/C22H23NO2S/c1-3-25-21(24)22(2,16-11-5-4-6-12-16)26-20-17-13-7-9-15-10-8-14-18(23-20)19(15)17/h4-6,8,10-12,14,23H,3,7,9,13H2,1-2H3. The van der Waals surface area contributed by atoms with Crippen LogP contribution in [0.2, 0.25) is 0 Å². The average molecular weight is 365 g/mol. The Labute approximate surface area is 158 Å². The lowest BCUT2D eigenvalue weighted by Gasteiger charge is -2.27. The fourth-order valence-corrected chi connectivity index (χ4v) is 5.10. The van der Waals surface area contributed by atoms with Gasteiger partial charge in [0, 0.05) is 10.9 Å². The van der Waals surface area contributed by atoms with E-state index in [-0.39, 0.29) is 5.97 Å². The van der Waals surface area contributed by atoms with Crippen LogP contribution < -0.4 is 0 Å². The molecule has 3 aromatic rings. The van der Waals surface area contributed by atoms with Gasteiger partial charge in [-0.25, -0.2) is 0 Å². The minimum atomic E-state index is -0.785. The zero-order valence-corrected chi connectivity index (χ0v) is 16.0. The number of rotatable bonds is 5. The third-order valence-electron chi connectivity index (χ3n) is 5.14. The van der Waals surface area contributed by atoms with Crippen molar-refractivity contribution in [3.8, 4) is 0 Å². The molecule has 1 heterocycles. The number of hydrogen-bond acceptors (Lipinski definition) is 3. The molecule has 0 spiro atoms. The highest BCUT2D eigenvalue weighted by Crippen LogP contribution is 2.46. The van der Waals surface area contributed by atoms with Gasteiger partial charge >= 0.3 is 5.97 Å². The molecule has 0 radical (unpaired) electrons. The van der Waals surface area contributed by atoms with Gasteiger partial charge in [0.05, 0.1) is 11.6 Å². The summed E-state index contributed by atoms with van der Waals surface area (Å²) in [5.41, 5.74) is 4.88. The first-order chi connectivity index (χ1) is 12.6. The maximum absolute atomic E-state index is 12.9. The number of aromatic nitrogens is 1. The predicted octanol–water partition coefficient (Wildman–Crippen LogP) is 5.23. The molecule has 1 unspecified atom stereocenters. The van der Waals surface area contributed by atoms with Crippen molar-refractivity contribution in [1.29, 1.82) is 0 Å². The molecule has 4 rings (SSSR count). The van der Waals surface area contributed by atoms with E-state index in [2.05, 4.69) is 23.2 Å². The summed E-state index contributed by atoms with van der Waals surface area (Å²) in [4.78, 5) is 16.5. The van der Waals surface area contributed by atoms with Gasteiger partial charge in [-0.3, -0.25) is 4.79 Å². The van der Waals surface area contributed by atoms with Crippen LogP contribution in [-0.4, -0.2) is 17.6 Å². The van der Waals surface area contributed by atoms with E-state index < -0.39 is 4.75 Å². The van der Waals surface area contributed by atoms with E-state index in [9.17, 15) is 4.79 Å². The zero-order chi connectivity index (χ0) is 18.1. The van der Waals surface area contributed by atoms with Crippen LogP contribution in [-0.2, 0) is 27.1 Å². The maximum Gasteiger partial charge on any atom is 0.326 e. The maximum atomic E-state index is 12.9. The van der Waals surface area contributed by atoms with E-state index in [1.807, 2.05) is 44.2 Å². The first-order valence-electron chi connectivity index (χ1n) is 9.17. The summed E-state index contributed by atoms with van der Waals surface area (Å²) in [5, 5.41) is 2.44. The molecule has 0 bridgehead atoms. The Kier molecular flexibility index (Phi) is 4.53. The summed E-state index contributed by atoms with van der Waals surface area (Å²) in [6.07, 6.45) is 3.33. The quantitative estimate of drug-likeness (QED) is 0.497. The summed E-state index contributed by atoms with van der Waals surface area (Å²) in [7, 11) is 0. The third kappa shape index (κ3) is 2.82. The van der Waals surface area contributed by atoms with Crippen molar-refractivity contribution < 1.29 is 9.53 Å². The lowest BCUT2D eigenvalue weighted by Crippen LogP contribution is -2.31. The van der Waals surface area contributed by atoms with Gasteiger partial charge in [0.25, 0.3) is 0 Å². The number of esters is 1. The Morgan fingerprint density at radius 3 is 2.73 bits per heavy atom. The Balaban J connectivity index is 1.81. The molecular formula is C22H23NO2S. The number of hydrogen-bond donors (Lipinski definition) is 1. The number of aryl methyl sites for hydroxylation is 2. The fourth-order valence-electron chi connectivity index (χ4n) is 3.81.